The predicted molar refractivity (Wildman–Crippen MR) is 32.5 cm³/mol. The van der Waals surface area contributed by atoms with Crippen LogP contribution >= 0.6 is 0 Å². The van der Waals surface area contributed by atoms with Crippen LogP contribution in [0.2, 0.25) is 0 Å². The number of alkyl halides is 3. The molecule has 0 aliphatic carbocycles. The average molecular weight is 161 g/mol. The van der Waals surface area contributed by atoms with Gasteiger partial charge in [-0.3, -0.25) is 0 Å². The molecule has 0 spiro atoms. The van der Waals surface area contributed by atoms with Crippen LogP contribution in [0.15, 0.2) is 12.3 Å². The summed E-state index contributed by atoms with van der Waals surface area (Å²) in [7, 11) is 0. The lowest BCUT2D eigenvalue weighted by molar-refractivity contribution is -0.137. The van der Waals surface area contributed by atoms with Gasteiger partial charge in [-0.15, -0.1) is 0 Å². The van der Waals surface area contributed by atoms with Gasteiger partial charge >= 0.3 is 6.18 Å². The summed E-state index contributed by atoms with van der Waals surface area (Å²) in [6, 6.07) is 3.03. The highest BCUT2D eigenvalue weighted by atomic mass is 19.4. The van der Waals surface area contributed by atoms with Gasteiger partial charge in [0, 0.05) is 6.20 Å². The van der Waals surface area contributed by atoms with Crippen LogP contribution in [0.4, 0.5) is 19.0 Å². The number of aromatic nitrogens is 1. The topological polar surface area (TPSA) is 38.9 Å². The summed E-state index contributed by atoms with van der Waals surface area (Å²) in [5.41, 5.74) is 3.93. The minimum absolute atomic E-state index is 0.542. The average Bonchev–Trinajstić information content (AvgIpc) is 1.86. The van der Waals surface area contributed by atoms with Crippen LogP contribution < -0.4 is 5.73 Å². The molecule has 0 fully saturated rings. The molecule has 1 rings (SSSR count). The van der Waals surface area contributed by atoms with Crippen molar-refractivity contribution in [3.63, 3.8) is 0 Å². The zero-order valence-electron chi connectivity index (χ0n) is 5.31. The second-order valence-corrected chi connectivity index (χ2v) is 1.85. The summed E-state index contributed by atoms with van der Waals surface area (Å²) in [5.74, 6) is -0.542. The Hall–Kier alpha value is -1.26. The molecule has 0 atom stereocenters. The predicted octanol–water partition coefficient (Wildman–Crippen LogP) is 1.48. The Labute approximate surface area is 60.9 Å². The van der Waals surface area contributed by atoms with Crippen molar-refractivity contribution in [2.75, 3.05) is 5.73 Å². The number of nitrogens with two attached hydrogens (primary N) is 1. The van der Waals surface area contributed by atoms with Crippen molar-refractivity contribution >= 4 is 5.82 Å². The Morgan fingerprint density at radius 3 is 2.45 bits per heavy atom. The van der Waals surface area contributed by atoms with Crippen molar-refractivity contribution in [3.05, 3.63) is 23.9 Å². The minimum Gasteiger partial charge on any atom is -0.383 e. The zero-order chi connectivity index (χ0) is 8.48. The van der Waals surface area contributed by atoms with Gasteiger partial charge < -0.3 is 5.73 Å². The maximum absolute atomic E-state index is 11.9. The summed E-state index contributed by atoms with van der Waals surface area (Å²) in [6.07, 6.45) is -3.30. The highest BCUT2D eigenvalue weighted by Crippen LogP contribution is 2.31. The fourth-order valence-electron chi connectivity index (χ4n) is 0.604. The van der Waals surface area contributed by atoms with E-state index in [1.165, 1.54) is 0 Å². The largest absolute Gasteiger partial charge is 0.420 e. The number of anilines is 1. The number of hydrogen-bond donors (Lipinski definition) is 1. The molecule has 0 aromatic carbocycles. The molecule has 0 aliphatic heterocycles. The third-order valence-corrected chi connectivity index (χ3v) is 1.06. The lowest BCUT2D eigenvalue weighted by atomic mass is 10.2. The Morgan fingerprint density at radius 1 is 1.45 bits per heavy atom. The molecular formula is C6H4F3N2. The summed E-state index contributed by atoms with van der Waals surface area (Å²) in [5, 5.41) is 0. The van der Waals surface area contributed by atoms with E-state index < -0.39 is 17.6 Å². The highest BCUT2D eigenvalue weighted by Gasteiger charge is 2.33. The molecule has 0 aliphatic rings. The van der Waals surface area contributed by atoms with Gasteiger partial charge in [0.15, 0.2) is 0 Å². The third-order valence-electron chi connectivity index (χ3n) is 1.06. The first-order valence-electron chi connectivity index (χ1n) is 2.71. The van der Waals surface area contributed by atoms with Crippen molar-refractivity contribution in [1.29, 1.82) is 0 Å². The van der Waals surface area contributed by atoms with Crippen LogP contribution in [0.3, 0.4) is 0 Å². The third kappa shape index (κ3) is 1.60. The number of nitrogens with zero attached hydrogens (tertiary/aromatic N) is 1. The van der Waals surface area contributed by atoms with Gasteiger partial charge in [0.2, 0.25) is 0 Å². The Morgan fingerprint density at radius 2 is 2.09 bits per heavy atom. The summed E-state index contributed by atoms with van der Waals surface area (Å²) >= 11 is 0. The van der Waals surface area contributed by atoms with E-state index in [2.05, 4.69) is 4.98 Å². The van der Waals surface area contributed by atoms with Gasteiger partial charge in [0.25, 0.3) is 0 Å². The van der Waals surface area contributed by atoms with E-state index in [1.54, 1.807) is 0 Å². The van der Waals surface area contributed by atoms with Gasteiger partial charge in [0.1, 0.15) is 11.4 Å². The van der Waals surface area contributed by atoms with Gasteiger partial charge in [-0.1, -0.05) is 0 Å². The van der Waals surface area contributed by atoms with E-state index in [0.717, 1.165) is 12.3 Å². The molecule has 2 N–H and O–H groups in total. The van der Waals surface area contributed by atoms with E-state index in [4.69, 9.17) is 5.73 Å². The van der Waals surface area contributed by atoms with E-state index in [-0.39, 0.29) is 0 Å². The molecule has 1 aromatic rings. The molecule has 2 nitrogen and oxygen atoms in total. The van der Waals surface area contributed by atoms with Crippen LogP contribution in [0.1, 0.15) is 5.56 Å². The minimum atomic E-state index is -4.46. The SMILES string of the molecule is Nc1ncc[c]c1C(F)(F)F. The van der Waals surface area contributed by atoms with Crippen LogP contribution in [0, 0.1) is 6.07 Å². The van der Waals surface area contributed by atoms with Crippen molar-refractivity contribution < 1.29 is 13.2 Å². The van der Waals surface area contributed by atoms with Crippen molar-refractivity contribution in [1.82, 2.24) is 4.98 Å². The highest BCUT2D eigenvalue weighted by molar-refractivity contribution is 5.39. The normalized spacial score (nSPS) is 11.5. The monoisotopic (exact) mass is 161 g/mol. The first kappa shape index (κ1) is 7.84. The molecule has 1 radical (unpaired) electrons. The van der Waals surface area contributed by atoms with Crippen molar-refractivity contribution in [2.24, 2.45) is 0 Å². The molecule has 5 heteroatoms. The second-order valence-electron chi connectivity index (χ2n) is 1.85. The van der Waals surface area contributed by atoms with Crippen LogP contribution in [0.25, 0.3) is 0 Å². The fraction of sp³-hybridized carbons (Fsp3) is 0.167. The molecule has 0 saturated heterocycles. The Balaban J connectivity index is 3.14. The summed E-state index contributed by atoms with van der Waals surface area (Å²) < 4.78 is 35.7. The Bertz CT molecular complexity index is 256. The van der Waals surface area contributed by atoms with Crippen molar-refractivity contribution in [3.8, 4) is 0 Å². The van der Waals surface area contributed by atoms with Gasteiger partial charge in [-0.05, 0) is 12.1 Å². The van der Waals surface area contributed by atoms with E-state index in [0.29, 0.717) is 0 Å². The molecule has 0 amide bonds. The molecule has 0 saturated carbocycles. The molecule has 59 valence electrons. The first-order valence-corrected chi connectivity index (χ1v) is 2.71. The van der Waals surface area contributed by atoms with Crippen LogP contribution in [-0.4, -0.2) is 4.98 Å². The molecular weight excluding hydrogens is 157 g/mol. The fourth-order valence-corrected chi connectivity index (χ4v) is 0.604. The molecule has 11 heavy (non-hydrogen) atoms. The Kier molecular flexibility index (Phi) is 1.72. The number of halogens is 3. The standard InChI is InChI=1S/C6H4F3N2/c7-6(8,9)4-2-1-3-11-5(4)10/h1,3H,(H2,10,11). The number of pyridine rings is 1. The lowest BCUT2D eigenvalue weighted by Crippen LogP contribution is -2.09. The van der Waals surface area contributed by atoms with Gasteiger partial charge in [-0.2, -0.15) is 13.2 Å². The molecule has 1 aromatic heterocycles. The maximum atomic E-state index is 11.9. The van der Waals surface area contributed by atoms with E-state index >= 15 is 0 Å². The maximum Gasteiger partial charge on any atom is 0.420 e. The summed E-state index contributed by atoms with van der Waals surface area (Å²) in [6.45, 7) is 0. The first-order chi connectivity index (χ1) is 5.02. The van der Waals surface area contributed by atoms with E-state index in [1.807, 2.05) is 6.07 Å². The molecule has 0 bridgehead atoms. The quantitative estimate of drug-likeness (QED) is 0.625. The number of hydrogen-bond acceptors (Lipinski definition) is 2. The van der Waals surface area contributed by atoms with Gasteiger partial charge in [-0.25, -0.2) is 4.98 Å². The summed E-state index contributed by atoms with van der Waals surface area (Å²) in [4.78, 5) is 3.27. The number of nitrogen functional groups attached to an aromatic ring is 1. The second kappa shape index (κ2) is 2.41. The number of rotatable bonds is 0. The molecule has 1 heterocycles. The van der Waals surface area contributed by atoms with Gasteiger partial charge in [0.05, 0.1) is 0 Å². The molecule has 0 unspecified atom stereocenters. The van der Waals surface area contributed by atoms with Crippen LogP contribution in [-0.2, 0) is 6.18 Å². The lowest BCUT2D eigenvalue weighted by Gasteiger charge is -2.06. The smallest absolute Gasteiger partial charge is 0.383 e. The van der Waals surface area contributed by atoms with Crippen molar-refractivity contribution in [2.45, 2.75) is 6.18 Å². The van der Waals surface area contributed by atoms with E-state index in [9.17, 15) is 13.2 Å². The van der Waals surface area contributed by atoms with Crippen LogP contribution in [0.5, 0.6) is 0 Å². The zero-order valence-corrected chi connectivity index (χ0v) is 5.31.